The number of nitrogens with zero attached hydrogens (tertiary/aromatic N) is 2. The molecule has 0 saturated heterocycles. The summed E-state index contributed by atoms with van der Waals surface area (Å²) in [4.78, 5) is 23.7. The summed E-state index contributed by atoms with van der Waals surface area (Å²) in [5.74, 6) is -0.0663. The first-order chi connectivity index (χ1) is 14.1. The fraction of sp³-hybridized carbons (Fsp3) is 0.0870. The number of ether oxygens (including phenoxy) is 1. The SMILES string of the molecule is CC(=O)c1ccc(-c2ccc(C(=O)OCc3cn4ccccc4c3C#N)o2)cc1. The van der Waals surface area contributed by atoms with E-state index in [2.05, 4.69) is 6.07 Å². The fourth-order valence-corrected chi connectivity index (χ4v) is 3.10. The van der Waals surface area contributed by atoms with Crippen LogP contribution in [0.4, 0.5) is 0 Å². The van der Waals surface area contributed by atoms with Gasteiger partial charge in [0.05, 0.1) is 11.1 Å². The second-order valence-electron chi connectivity index (χ2n) is 6.51. The molecule has 1 aromatic carbocycles. The summed E-state index contributed by atoms with van der Waals surface area (Å²) in [5.41, 5.74) is 3.21. The summed E-state index contributed by atoms with van der Waals surface area (Å²) >= 11 is 0. The van der Waals surface area contributed by atoms with Gasteiger partial charge in [0.1, 0.15) is 18.4 Å². The Morgan fingerprint density at radius 1 is 1.10 bits per heavy atom. The van der Waals surface area contributed by atoms with Crippen LogP contribution in [-0.2, 0) is 11.3 Å². The van der Waals surface area contributed by atoms with Crippen molar-refractivity contribution in [2.24, 2.45) is 0 Å². The van der Waals surface area contributed by atoms with Crippen molar-refractivity contribution in [3.8, 4) is 17.4 Å². The van der Waals surface area contributed by atoms with Crippen LogP contribution in [0.25, 0.3) is 16.8 Å². The minimum absolute atomic E-state index is 0.0182. The van der Waals surface area contributed by atoms with E-state index in [1.165, 1.54) is 13.0 Å². The van der Waals surface area contributed by atoms with Crippen molar-refractivity contribution in [3.63, 3.8) is 0 Å². The molecule has 0 aliphatic carbocycles. The first-order valence-electron chi connectivity index (χ1n) is 8.94. The van der Waals surface area contributed by atoms with Gasteiger partial charge in [0.2, 0.25) is 5.76 Å². The number of benzene rings is 1. The number of hydrogen-bond donors (Lipinski definition) is 0. The van der Waals surface area contributed by atoms with Crippen LogP contribution in [0, 0.1) is 11.3 Å². The Bertz CT molecular complexity index is 1260. The van der Waals surface area contributed by atoms with E-state index in [1.54, 1.807) is 36.5 Å². The standard InChI is InChI=1S/C23H16N2O4/c1-15(26)16-5-7-17(8-6-16)21-9-10-22(29-21)23(27)28-14-18-13-25-11-3-2-4-20(25)19(18)12-24/h2-11,13H,14H2,1H3. The zero-order valence-corrected chi connectivity index (χ0v) is 15.6. The molecular weight excluding hydrogens is 368 g/mol. The molecule has 0 aliphatic heterocycles. The first-order valence-corrected chi connectivity index (χ1v) is 8.94. The molecular formula is C23H16N2O4. The molecule has 4 aromatic rings. The summed E-state index contributed by atoms with van der Waals surface area (Å²) in [5, 5.41) is 9.43. The molecule has 6 heteroatoms. The van der Waals surface area contributed by atoms with Gasteiger partial charge in [-0.1, -0.05) is 30.3 Å². The minimum atomic E-state index is -0.615. The highest BCUT2D eigenvalue weighted by molar-refractivity contribution is 5.94. The molecule has 3 heterocycles. The van der Waals surface area contributed by atoms with Gasteiger partial charge in [0.25, 0.3) is 0 Å². The second kappa shape index (κ2) is 7.49. The van der Waals surface area contributed by atoms with Crippen LogP contribution in [-0.4, -0.2) is 16.2 Å². The molecule has 4 rings (SSSR count). The van der Waals surface area contributed by atoms with Gasteiger partial charge in [-0.2, -0.15) is 5.26 Å². The van der Waals surface area contributed by atoms with Crippen LogP contribution in [0.3, 0.4) is 0 Å². The Kier molecular flexibility index (Phi) is 4.71. The van der Waals surface area contributed by atoms with E-state index in [0.29, 0.717) is 22.5 Å². The van der Waals surface area contributed by atoms with Gasteiger partial charge in [-0.15, -0.1) is 0 Å². The lowest BCUT2D eigenvalue weighted by molar-refractivity contribution is 0.0437. The third-order valence-corrected chi connectivity index (χ3v) is 4.62. The molecule has 3 aromatic heterocycles. The molecule has 0 amide bonds. The zero-order valence-electron chi connectivity index (χ0n) is 15.6. The Labute approximate surface area is 166 Å². The first kappa shape index (κ1) is 18.3. The molecule has 0 aliphatic rings. The molecule has 142 valence electrons. The topological polar surface area (TPSA) is 84.7 Å². The van der Waals surface area contributed by atoms with Crippen molar-refractivity contribution in [2.75, 3.05) is 0 Å². The summed E-state index contributed by atoms with van der Waals surface area (Å²) in [7, 11) is 0. The van der Waals surface area contributed by atoms with E-state index in [-0.39, 0.29) is 18.2 Å². The quantitative estimate of drug-likeness (QED) is 0.370. The fourth-order valence-electron chi connectivity index (χ4n) is 3.10. The number of carbonyl (C=O) groups is 2. The van der Waals surface area contributed by atoms with Gasteiger partial charge in [-0.25, -0.2) is 4.79 Å². The number of furan rings is 1. The van der Waals surface area contributed by atoms with Gasteiger partial charge in [-0.3, -0.25) is 4.79 Å². The molecule has 0 bridgehead atoms. The second-order valence-corrected chi connectivity index (χ2v) is 6.51. The van der Waals surface area contributed by atoms with Gasteiger partial charge in [0, 0.05) is 29.1 Å². The van der Waals surface area contributed by atoms with Gasteiger partial charge in [-0.05, 0) is 31.2 Å². The predicted octanol–water partition coefficient (Wildman–Crippen LogP) is 4.63. The zero-order chi connectivity index (χ0) is 20.4. The number of pyridine rings is 1. The number of aromatic nitrogens is 1. The maximum Gasteiger partial charge on any atom is 0.374 e. The van der Waals surface area contributed by atoms with Crippen molar-refractivity contribution in [1.29, 1.82) is 5.26 Å². The van der Waals surface area contributed by atoms with E-state index in [4.69, 9.17) is 9.15 Å². The molecule has 0 N–H and O–H groups in total. The van der Waals surface area contributed by atoms with Crippen molar-refractivity contribution < 1.29 is 18.7 Å². The largest absolute Gasteiger partial charge is 0.455 e. The smallest absolute Gasteiger partial charge is 0.374 e. The van der Waals surface area contributed by atoms with Crippen LogP contribution in [0.1, 0.15) is 39.0 Å². The third-order valence-electron chi connectivity index (χ3n) is 4.62. The van der Waals surface area contributed by atoms with E-state index in [9.17, 15) is 14.9 Å². The summed E-state index contributed by atoms with van der Waals surface area (Å²) in [6, 6.07) is 17.8. The minimum Gasteiger partial charge on any atom is -0.455 e. The van der Waals surface area contributed by atoms with Crippen molar-refractivity contribution in [1.82, 2.24) is 4.40 Å². The average molecular weight is 384 g/mol. The van der Waals surface area contributed by atoms with Gasteiger partial charge < -0.3 is 13.6 Å². The number of ketones is 1. The number of Topliss-reactive ketones (excluding diaryl/α,β-unsaturated/α-hetero) is 1. The number of hydrogen-bond acceptors (Lipinski definition) is 5. The highest BCUT2D eigenvalue weighted by atomic mass is 16.5. The van der Waals surface area contributed by atoms with Crippen LogP contribution in [0.2, 0.25) is 0 Å². The number of rotatable bonds is 5. The maximum absolute atomic E-state index is 12.4. The summed E-state index contributed by atoms with van der Waals surface area (Å²) in [6.45, 7) is 1.47. The number of carbonyl (C=O) groups excluding carboxylic acids is 2. The molecule has 0 spiro atoms. The Morgan fingerprint density at radius 3 is 2.62 bits per heavy atom. The number of nitriles is 1. The lowest BCUT2D eigenvalue weighted by Crippen LogP contribution is -2.04. The molecule has 29 heavy (non-hydrogen) atoms. The predicted molar refractivity (Wildman–Crippen MR) is 105 cm³/mol. The third kappa shape index (κ3) is 3.54. The Morgan fingerprint density at radius 2 is 1.90 bits per heavy atom. The normalized spacial score (nSPS) is 10.6. The highest BCUT2D eigenvalue weighted by Gasteiger charge is 2.16. The van der Waals surface area contributed by atoms with Crippen molar-refractivity contribution in [2.45, 2.75) is 13.5 Å². The van der Waals surface area contributed by atoms with E-state index < -0.39 is 5.97 Å². The van der Waals surface area contributed by atoms with Crippen molar-refractivity contribution >= 4 is 17.3 Å². The molecule has 0 unspecified atom stereocenters. The molecule has 0 radical (unpaired) electrons. The molecule has 6 nitrogen and oxygen atoms in total. The van der Waals surface area contributed by atoms with Gasteiger partial charge in [0.15, 0.2) is 5.78 Å². The summed E-state index contributed by atoms with van der Waals surface area (Å²) < 4.78 is 12.8. The number of fused-ring (bicyclic) bond motifs is 1. The van der Waals surface area contributed by atoms with E-state index in [1.807, 2.05) is 28.8 Å². The van der Waals surface area contributed by atoms with E-state index in [0.717, 1.165) is 11.1 Å². The van der Waals surface area contributed by atoms with Crippen LogP contribution < -0.4 is 0 Å². The monoisotopic (exact) mass is 384 g/mol. The molecule has 0 saturated carbocycles. The number of esters is 1. The highest BCUT2D eigenvalue weighted by Crippen LogP contribution is 2.24. The van der Waals surface area contributed by atoms with Crippen molar-refractivity contribution in [3.05, 3.63) is 89.4 Å². The summed E-state index contributed by atoms with van der Waals surface area (Å²) in [6.07, 6.45) is 3.60. The lowest BCUT2D eigenvalue weighted by Gasteiger charge is -2.02. The Hall–Kier alpha value is -4.11. The maximum atomic E-state index is 12.4. The van der Waals surface area contributed by atoms with E-state index >= 15 is 0 Å². The van der Waals surface area contributed by atoms with Crippen LogP contribution in [0.15, 0.2) is 71.4 Å². The Balaban J connectivity index is 1.49. The van der Waals surface area contributed by atoms with Crippen LogP contribution >= 0.6 is 0 Å². The van der Waals surface area contributed by atoms with Gasteiger partial charge >= 0.3 is 5.97 Å². The lowest BCUT2D eigenvalue weighted by atomic mass is 10.1. The average Bonchev–Trinajstić information content (AvgIpc) is 3.36. The molecule has 0 fully saturated rings. The van der Waals surface area contributed by atoms with Crippen LogP contribution in [0.5, 0.6) is 0 Å². The molecule has 0 atom stereocenters.